The number of nitrogens with zero attached hydrogens (tertiary/aromatic N) is 3. The van der Waals surface area contributed by atoms with Gasteiger partial charge in [-0.05, 0) is 31.7 Å². The largest absolute Gasteiger partial charge is 0.451 e. The Bertz CT molecular complexity index is 433. The standard InChI is InChI=1S/C13H18F3N3O/c1-19(8-2-4-10-5-3-9-20-10)11-6-7-17-12(18-11)13(14,15)16/h6-7,10H,2-5,8-9H2,1H3/t10-/m1/s1. The van der Waals surface area contributed by atoms with Crippen LogP contribution in [0.3, 0.4) is 0 Å². The van der Waals surface area contributed by atoms with Crippen LogP contribution in [0.5, 0.6) is 0 Å². The number of rotatable bonds is 5. The van der Waals surface area contributed by atoms with Gasteiger partial charge in [-0.2, -0.15) is 13.2 Å². The van der Waals surface area contributed by atoms with Crippen molar-refractivity contribution in [2.45, 2.75) is 38.0 Å². The fourth-order valence-electron chi connectivity index (χ4n) is 2.24. The summed E-state index contributed by atoms with van der Waals surface area (Å²) in [6, 6.07) is 1.49. The van der Waals surface area contributed by atoms with Gasteiger partial charge < -0.3 is 9.64 Å². The van der Waals surface area contributed by atoms with E-state index in [-0.39, 0.29) is 0 Å². The highest BCUT2D eigenvalue weighted by Crippen LogP contribution is 2.27. The minimum absolute atomic E-state index is 0.291. The highest BCUT2D eigenvalue weighted by molar-refractivity contribution is 5.36. The lowest BCUT2D eigenvalue weighted by atomic mass is 10.1. The topological polar surface area (TPSA) is 38.2 Å². The molecule has 1 aromatic rings. The molecule has 0 unspecified atom stereocenters. The molecule has 1 aliphatic rings. The molecule has 7 heteroatoms. The van der Waals surface area contributed by atoms with Crippen LogP contribution in [0.2, 0.25) is 0 Å². The predicted molar refractivity (Wildman–Crippen MR) is 68.5 cm³/mol. The molecule has 0 radical (unpaired) electrons. The monoisotopic (exact) mass is 289 g/mol. The number of halogens is 3. The summed E-state index contributed by atoms with van der Waals surface area (Å²) in [5.74, 6) is -0.805. The van der Waals surface area contributed by atoms with E-state index in [1.165, 1.54) is 6.07 Å². The third kappa shape index (κ3) is 4.06. The number of anilines is 1. The number of alkyl halides is 3. The van der Waals surface area contributed by atoms with Crippen molar-refractivity contribution in [1.29, 1.82) is 0 Å². The molecule has 0 saturated carbocycles. The second-order valence-corrected chi connectivity index (χ2v) is 4.94. The fourth-order valence-corrected chi connectivity index (χ4v) is 2.24. The van der Waals surface area contributed by atoms with Crippen molar-refractivity contribution in [2.75, 3.05) is 25.1 Å². The van der Waals surface area contributed by atoms with Crippen molar-refractivity contribution in [1.82, 2.24) is 9.97 Å². The molecule has 1 saturated heterocycles. The lowest BCUT2D eigenvalue weighted by Crippen LogP contribution is -2.23. The number of aromatic nitrogens is 2. The van der Waals surface area contributed by atoms with Gasteiger partial charge in [-0.1, -0.05) is 0 Å². The van der Waals surface area contributed by atoms with Crippen LogP contribution in [0.1, 0.15) is 31.5 Å². The van der Waals surface area contributed by atoms with Crippen LogP contribution in [0.25, 0.3) is 0 Å². The third-order valence-corrected chi connectivity index (χ3v) is 3.33. The van der Waals surface area contributed by atoms with Gasteiger partial charge >= 0.3 is 6.18 Å². The van der Waals surface area contributed by atoms with Gasteiger partial charge in [0.05, 0.1) is 6.10 Å². The van der Waals surface area contributed by atoms with E-state index < -0.39 is 12.0 Å². The van der Waals surface area contributed by atoms with E-state index in [0.717, 1.165) is 38.5 Å². The Morgan fingerprint density at radius 2 is 2.25 bits per heavy atom. The first-order valence-corrected chi connectivity index (χ1v) is 6.70. The Kier molecular flexibility index (Phi) is 4.80. The Labute approximate surface area is 116 Å². The Morgan fingerprint density at radius 3 is 2.90 bits per heavy atom. The quantitative estimate of drug-likeness (QED) is 0.835. The molecule has 1 aliphatic heterocycles. The molecule has 0 bridgehead atoms. The molecular weight excluding hydrogens is 271 g/mol. The van der Waals surface area contributed by atoms with E-state index in [0.29, 0.717) is 18.5 Å². The molecule has 4 nitrogen and oxygen atoms in total. The average Bonchev–Trinajstić information content (AvgIpc) is 2.91. The summed E-state index contributed by atoms with van der Waals surface area (Å²) < 4.78 is 43.1. The van der Waals surface area contributed by atoms with Gasteiger partial charge in [0.25, 0.3) is 0 Å². The molecule has 2 heterocycles. The summed E-state index contributed by atoms with van der Waals surface area (Å²) >= 11 is 0. The van der Waals surface area contributed by atoms with E-state index in [2.05, 4.69) is 9.97 Å². The Hall–Kier alpha value is -1.37. The molecule has 2 rings (SSSR count). The Balaban J connectivity index is 1.86. The molecule has 0 spiro atoms. The molecule has 1 fully saturated rings. The molecule has 0 aromatic carbocycles. The van der Waals surface area contributed by atoms with Crippen molar-refractivity contribution in [2.24, 2.45) is 0 Å². The second kappa shape index (κ2) is 6.39. The zero-order chi connectivity index (χ0) is 14.6. The third-order valence-electron chi connectivity index (χ3n) is 3.33. The number of ether oxygens (including phenoxy) is 1. The highest BCUT2D eigenvalue weighted by atomic mass is 19.4. The van der Waals surface area contributed by atoms with Crippen molar-refractivity contribution < 1.29 is 17.9 Å². The lowest BCUT2D eigenvalue weighted by Gasteiger charge is -2.19. The van der Waals surface area contributed by atoms with Crippen LogP contribution < -0.4 is 4.90 Å². The first-order valence-electron chi connectivity index (χ1n) is 6.70. The lowest BCUT2D eigenvalue weighted by molar-refractivity contribution is -0.144. The van der Waals surface area contributed by atoms with Crippen LogP contribution in [0.4, 0.5) is 19.0 Å². The van der Waals surface area contributed by atoms with Gasteiger partial charge in [-0.25, -0.2) is 9.97 Å². The summed E-state index contributed by atoms with van der Waals surface area (Å²) in [5, 5.41) is 0. The summed E-state index contributed by atoms with van der Waals surface area (Å²) in [6.45, 7) is 1.47. The highest BCUT2D eigenvalue weighted by Gasteiger charge is 2.34. The van der Waals surface area contributed by atoms with Gasteiger partial charge in [0.1, 0.15) is 5.82 Å². The van der Waals surface area contributed by atoms with Crippen molar-refractivity contribution in [3.8, 4) is 0 Å². The van der Waals surface area contributed by atoms with E-state index in [9.17, 15) is 13.2 Å². The Morgan fingerprint density at radius 1 is 1.45 bits per heavy atom. The fraction of sp³-hybridized carbons (Fsp3) is 0.692. The molecule has 0 N–H and O–H groups in total. The minimum atomic E-state index is -4.51. The molecule has 20 heavy (non-hydrogen) atoms. The van der Waals surface area contributed by atoms with E-state index >= 15 is 0 Å². The molecule has 0 aliphatic carbocycles. The van der Waals surface area contributed by atoms with Gasteiger partial charge in [0.2, 0.25) is 5.82 Å². The van der Waals surface area contributed by atoms with E-state index in [1.807, 2.05) is 0 Å². The van der Waals surface area contributed by atoms with Crippen LogP contribution in [0.15, 0.2) is 12.3 Å². The molecule has 1 aromatic heterocycles. The summed E-state index contributed by atoms with van der Waals surface area (Å²) in [4.78, 5) is 8.52. The molecular formula is C13H18F3N3O. The second-order valence-electron chi connectivity index (χ2n) is 4.94. The smallest absolute Gasteiger partial charge is 0.378 e. The van der Waals surface area contributed by atoms with Crippen molar-refractivity contribution in [3.05, 3.63) is 18.1 Å². The number of hydrogen-bond donors (Lipinski definition) is 0. The summed E-state index contributed by atoms with van der Waals surface area (Å²) in [6.07, 6.45) is 0.917. The summed E-state index contributed by atoms with van der Waals surface area (Å²) in [7, 11) is 1.73. The predicted octanol–water partition coefficient (Wildman–Crippen LogP) is 2.89. The minimum Gasteiger partial charge on any atom is -0.378 e. The first kappa shape index (κ1) is 15.0. The maximum absolute atomic E-state index is 12.5. The molecule has 112 valence electrons. The van der Waals surface area contributed by atoms with Gasteiger partial charge in [-0.15, -0.1) is 0 Å². The number of hydrogen-bond acceptors (Lipinski definition) is 4. The van der Waals surface area contributed by atoms with Crippen molar-refractivity contribution in [3.63, 3.8) is 0 Å². The molecule has 0 amide bonds. The zero-order valence-corrected chi connectivity index (χ0v) is 11.4. The van der Waals surface area contributed by atoms with Crippen LogP contribution >= 0.6 is 0 Å². The van der Waals surface area contributed by atoms with Crippen LogP contribution in [0, 0.1) is 0 Å². The normalized spacial score (nSPS) is 19.3. The summed E-state index contributed by atoms with van der Waals surface area (Å²) in [5.41, 5.74) is 0. The van der Waals surface area contributed by atoms with Crippen LogP contribution in [-0.4, -0.2) is 36.3 Å². The van der Waals surface area contributed by atoms with Gasteiger partial charge in [-0.3, -0.25) is 0 Å². The average molecular weight is 289 g/mol. The van der Waals surface area contributed by atoms with Crippen LogP contribution in [-0.2, 0) is 10.9 Å². The van der Waals surface area contributed by atoms with E-state index in [4.69, 9.17) is 4.74 Å². The molecule has 1 atom stereocenters. The maximum Gasteiger partial charge on any atom is 0.451 e. The maximum atomic E-state index is 12.5. The SMILES string of the molecule is CN(CCC[C@@H]1CCCO1)c1ccnc(C(F)(F)F)n1. The van der Waals surface area contributed by atoms with E-state index in [1.54, 1.807) is 11.9 Å². The van der Waals surface area contributed by atoms with Gasteiger partial charge in [0.15, 0.2) is 0 Å². The van der Waals surface area contributed by atoms with Crippen molar-refractivity contribution >= 4 is 5.82 Å². The zero-order valence-electron chi connectivity index (χ0n) is 11.4. The first-order chi connectivity index (χ1) is 9.47. The van der Waals surface area contributed by atoms with Gasteiger partial charge in [0, 0.05) is 26.4 Å².